The number of nitrogens with zero attached hydrogens (tertiary/aromatic N) is 4. The first-order valence-electron chi connectivity index (χ1n) is 15.7. The Morgan fingerprint density at radius 1 is 1.18 bits per heavy atom. The fraction of sp³-hybridized carbons (Fsp3) is 0.559. The van der Waals surface area contributed by atoms with Crippen molar-refractivity contribution in [1.82, 2.24) is 19.7 Å². The lowest BCUT2D eigenvalue weighted by molar-refractivity contribution is -0.138. The van der Waals surface area contributed by atoms with Crippen LogP contribution in [-0.2, 0) is 34.2 Å². The predicted octanol–water partition coefficient (Wildman–Crippen LogP) is 7.08. The van der Waals surface area contributed by atoms with E-state index in [1.54, 1.807) is 12.4 Å². The summed E-state index contributed by atoms with van der Waals surface area (Å²) in [6.45, 7) is 11.6. The quantitative estimate of drug-likeness (QED) is 0.301. The lowest BCUT2D eigenvalue weighted by atomic mass is 9.54. The van der Waals surface area contributed by atoms with Crippen LogP contribution in [0, 0.1) is 12.3 Å². The van der Waals surface area contributed by atoms with Crippen LogP contribution in [0.2, 0.25) is 0 Å². The highest BCUT2D eigenvalue weighted by Gasteiger charge is 2.63. The third-order valence-electron chi connectivity index (χ3n) is 9.18. The monoisotopic (exact) mass is 625 g/mol. The lowest BCUT2D eigenvalue weighted by Gasteiger charge is -2.49. The first-order valence-corrected chi connectivity index (χ1v) is 15.7. The van der Waals surface area contributed by atoms with E-state index in [1.807, 2.05) is 58.9 Å². The molecule has 2 saturated carbocycles. The average Bonchev–Trinajstić information content (AvgIpc) is 3.63. The van der Waals surface area contributed by atoms with Crippen molar-refractivity contribution < 1.29 is 27.4 Å². The molecule has 8 nitrogen and oxygen atoms in total. The van der Waals surface area contributed by atoms with Gasteiger partial charge in [-0.2, -0.15) is 23.0 Å². The number of halogens is 3. The Balaban J connectivity index is 1.23. The van der Waals surface area contributed by atoms with Gasteiger partial charge in [0.15, 0.2) is 0 Å². The fourth-order valence-corrected chi connectivity index (χ4v) is 7.02. The van der Waals surface area contributed by atoms with Crippen LogP contribution in [0.3, 0.4) is 0 Å². The lowest BCUT2D eigenvalue weighted by Crippen LogP contribution is -2.44. The number of carbonyl (C=O) groups is 1. The van der Waals surface area contributed by atoms with Gasteiger partial charge in [0.05, 0.1) is 36.2 Å². The summed E-state index contributed by atoms with van der Waals surface area (Å²) in [7, 11) is 0. The van der Waals surface area contributed by atoms with E-state index in [0.717, 1.165) is 29.7 Å². The number of anilines is 1. The maximum atomic E-state index is 14.2. The van der Waals surface area contributed by atoms with Crippen molar-refractivity contribution in [2.75, 3.05) is 25.0 Å². The Morgan fingerprint density at radius 3 is 2.60 bits per heavy atom. The second-order valence-electron chi connectivity index (χ2n) is 14.2. The highest BCUT2D eigenvalue weighted by Crippen LogP contribution is 2.71. The van der Waals surface area contributed by atoms with Gasteiger partial charge in [-0.25, -0.2) is 4.79 Å². The Bertz CT molecular complexity index is 1570. The zero-order valence-corrected chi connectivity index (χ0v) is 26.6. The molecule has 11 heteroatoms. The molecule has 0 bridgehead atoms. The molecule has 1 spiro atoms. The third kappa shape index (κ3) is 6.74. The van der Waals surface area contributed by atoms with Gasteiger partial charge in [0.25, 0.3) is 0 Å². The Kier molecular flexibility index (Phi) is 8.00. The maximum Gasteiger partial charge on any atom is 0.435 e. The van der Waals surface area contributed by atoms with Crippen LogP contribution < -0.4 is 5.32 Å². The van der Waals surface area contributed by atoms with Crippen LogP contribution in [-0.4, -0.2) is 57.2 Å². The van der Waals surface area contributed by atoms with Gasteiger partial charge in [-0.1, -0.05) is 12.1 Å². The molecule has 1 aromatic carbocycles. The molecule has 1 atom stereocenters. The van der Waals surface area contributed by atoms with Gasteiger partial charge in [0.1, 0.15) is 5.60 Å². The molecule has 3 aromatic rings. The number of pyridine rings is 1. The number of benzene rings is 1. The molecule has 3 heterocycles. The largest absolute Gasteiger partial charge is 0.442 e. The van der Waals surface area contributed by atoms with E-state index >= 15 is 0 Å². The highest BCUT2D eigenvalue weighted by molar-refractivity contribution is 5.70. The van der Waals surface area contributed by atoms with Gasteiger partial charge >= 0.3 is 12.3 Å². The van der Waals surface area contributed by atoms with Crippen molar-refractivity contribution in [3.8, 4) is 0 Å². The minimum absolute atomic E-state index is 0.0470. The summed E-state index contributed by atoms with van der Waals surface area (Å²) in [5, 5.41) is 7.95. The van der Waals surface area contributed by atoms with E-state index in [-0.39, 0.29) is 23.8 Å². The van der Waals surface area contributed by atoms with Crippen molar-refractivity contribution >= 4 is 11.8 Å². The van der Waals surface area contributed by atoms with Crippen LogP contribution in [0.4, 0.5) is 23.7 Å². The number of morpholine rings is 1. The molecule has 2 aromatic heterocycles. The van der Waals surface area contributed by atoms with Crippen LogP contribution in [0.15, 0.2) is 42.7 Å². The summed E-state index contributed by atoms with van der Waals surface area (Å²) >= 11 is 0. The summed E-state index contributed by atoms with van der Waals surface area (Å²) in [4.78, 5) is 19.2. The van der Waals surface area contributed by atoms with Gasteiger partial charge < -0.3 is 14.8 Å². The summed E-state index contributed by atoms with van der Waals surface area (Å²) in [6, 6.07) is 9.05. The maximum absolute atomic E-state index is 14.2. The number of alkyl halides is 3. The van der Waals surface area contributed by atoms with Crippen LogP contribution in [0.5, 0.6) is 0 Å². The van der Waals surface area contributed by atoms with Crippen molar-refractivity contribution in [3.05, 3.63) is 76.4 Å². The van der Waals surface area contributed by atoms with Crippen molar-refractivity contribution in [2.24, 2.45) is 5.41 Å². The van der Waals surface area contributed by atoms with E-state index in [0.29, 0.717) is 42.9 Å². The molecular formula is C34H42F3N5O3. The van der Waals surface area contributed by atoms with Crippen molar-refractivity contribution in [3.63, 3.8) is 0 Å². The fourth-order valence-electron chi connectivity index (χ4n) is 7.02. The number of hydrogen-bond acceptors (Lipinski definition) is 7. The number of hydrogen-bond donors (Lipinski definition) is 1. The number of aryl methyl sites for hydroxylation is 1. The number of aromatic nitrogens is 3. The van der Waals surface area contributed by atoms with Crippen LogP contribution >= 0.6 is 0 Å². The molecule has 242 valence electrons. The average molecular weight is 626 g/mol. The summed E-state index contributed by atoms with van der Waals surface area (Å²) < 4.78 is 54.9. The Hall–Kier alpha value is -3.44. The molecule has 1 N–H and O–H groups in total. The normalized spacial score (nSPS) is 20.9. The van der Waals surface area contributed by atoms with Gasteiger partial charge in [0, 0.05) is 43.1 Å². The SMILES string of the molecule is Cc1cn(C(=O)OC(C)(C)C)nc1C1(c2cccc(NCc3ncc(CN4CCO[C@H](C)C4)cc3C(F)(F)F)c2)CC2(CC2)C1. The number of ether oxygens (including phenoxy) is 2. The Labute approximate surface area is 262 Å². The van der Waals surface area contributed by atoms with E-state index in [4.69, 9.17) is 14.6 Å². The molecule has 0 amide bonds. The molecule has 3 fully saturated rings. The molecule has 2 aliphatic carbocycles. The van der Waals surface area contributed by atoms with E-state index in [9.17, 15) is 18.0 Å². The minimum Gasteiger partial charge on any atom is -0.442 e. The smallest absolute Gasteiger partial charge is 0.435 e. The number of rotatable bonds is 7. The molecular weight excluding hydrogens is 583 g/mol. The van der Waals surface area contributed by atoms with E-state index in [1.165, 1.54) is 23.6 Å². The van der Waals surface area contributed by atoms with Crippen molar-refractivity contribution in [2.45, 2.75) is 96.7 Å². The molecule has 0 radical (unpaired) electrons. The van der Waals surface area contributed by atoms with Gasteiger partial charge in [-0.15, -0.1) is 0 Å². The number of nitrogens with one attached hydrogen (secondary N) is 1. The predicted molar refractivity (Wildman–Crippen MR) is 164 cm³/mol. The first-order chi connectivity index (χ1) is 21.1. The summed E-state index contributed by atoms with van der Waals surface area (Å²) in [5.74, 6) is 0. The van der Waals surface area contributed by atoms with Crippen LogP contribution in [0.1, 0.15) is 87.0 Å². The van der Waals surface area contributed by atoms with E-state index in [2.05, 4.69) is 15.2 Å². The van der Waals surface area contributed by atoms with Crippen LogP contribution in [0.25, 0.3) is 0 Å². The molecule has 1 saturated heterocycles. The minimum atomic E-state index is -4.53. The second kappa shape index (κ2) is 11.4. The second-order valence-corrected chi connectivity index (χ2v) is 14.2. The van der Waals surface area contributed by atoms with Crippen molar-refractivity contribution in [1.29, 1.82) is 0 Å². The van der Waals surface area contributed by atoms with E-state index < -0.39 is 23.4 Å². The molecule has 6 rings (SSSR count). The Morgan fingerprint density at radius 2 is 1.93 bits per heavy atom. The first kappa shape index (κ1) is 31.5. The van der Waals surface area contributed by atoms with Gasteiger partial charge in [-0.05, 0) is 101 Å². The van der Waals surface area contributed by atoms with Gasteiger partial charge in [0.2, 0.25) is 0 Å². The third-order valence-corrected chi connectivity index (χ3v) is 9.18. The summed E-state index contributed by atoms with van der Waals surface area (Å²) in [5.41, 5.74) is 2.51. The standard InChI is InChI=1S/C34H42F3N5O3/c1-22-17-42(30(43)45-31(3,4)5)40-29(22)33(20-32(21-33)9-10-32)25-7-6-8-26(14-25)38-16-28-27(34(35,36)37)13-24(15-39-28)19-41-11-12-44-23(2)18-41/h6-8,13-15,17,23,38H,9-12,16,18-21H2,1-5H3/t23-/m1/s1. The zero-order valence-electron chi connectivity index (χ0n) is 26.6. The van der Waals surface area contributed by atoms with Gasteiger partial charge in [-0.3, -0.25) is 9.88 Å². The topological polar surface area (TPSA) is 81.5 Å². The highest BCUT2D eigenvalue weighted by atomic mass is 19.4. The molecule has 45 heavy (non-hydrogen) atoms. The zero-order chi connectivity index (χ0) is 32.2. The molecule has 1 aliphatic heterocycles. The summed E-state index contributed by atoms with van der Waals surface area (Å²) in [6.07, 6.45) is 2.43. The molecule has 0 unspecified atom stereocenters. The molecule has 3 aliphatic rings. The number of carbonyl (C=O) groups excluding carboxylic acids is 1.